The Hall–Kier alpha value is -1.06. The topological polar surface area (TPSA) is 24.8 Å². The predicted octanol–water partition coefficient (Wildman–Crippen LogP) is 1.76. The van der Waals surface area contributed by atoms with Gasteiger partial charge in [-0.25, -0.2) is 0 Å². The Labute approximate surface area is 131 Å². The number of rotatable bonds is 3. The summed E-state index contributed by atoms with van der Waals surface area (Å²) in [5.41, 5.74) is 1.29. The summed E-state index contributed by atoms with van der Waals surface area (Å²) < 4.78 is 0. The molecule has 1 N–H and O–H groups in total. The van der Waals surface area contributed by atoms with Gasteiger partial charge in [0.1, 0.15) is 6.54 Å². The predicted molar refractivity (Wildman–Crippen MR) is 84.4 cm³/mol. The molecular weight excluding hydrogens is 284 g/mol. The number of benzene rings is 1. The average molecular weight is 308 g/mol. The molecule has 2 fully saturated rings. The van der Waals surface area contributed by atoms with E-state index in [0.717, 1.165) is 50.6 Å². The largest absolute Gasteiger partial charge is 0.342 e. The number of hydrogen-bond acceptors (Lipinski definition) is 1. The molecule has 0 aliphatic carbocycles. The quantitative estimate of drug-likeness (QED) is 0.904. The number of carbonyl (C=O) groups is 1. The van der Waals surface area contributed by atoms with Crippen LogP contribution in [0.25, 0.3) is 0 Å². The molecule has 0 bridgehead atoms. The summed E-state index contributed by atoms with van der Waals surface area (Å²) in [5.74, 6) is 0.681. The third kappa shape index (κ3) is 3.78. The van der Waals surface area contributed by atoms with Gasteiger partial charge in [-0.05, 0) is 25.0 Å². The standard InChI is InChI=1S/C17H23ClN2O/c18-16-5-3-4-14(12-16)13-19-10-6-15(7-11-19)17(21)20-8-1-2-9-20/h3-5,12,15H,1-2,6-11,13H2/p+1. The Bertz CT molecular complexity index is 491. The van der Waals surface area contributed by atoms with Gasteiger partial charge in [0.05, 0.1) is 13.1 Å². The molecule has 3 nitrogen and oxygen atoms in total. The Morgan fingerprint density at radius 1 is 1.24 bits per heavy atom. The van der Waals surface area contributed by atoms with Crippen molar-refractivity contribution >= 4 is 17.5 Å². The summed E-state index contributed by atoms with van der Waals surface area (Å²) >= 11 is 6.04. The van der Waals surface area contributed by atoms with Crippen LogP contribution in [0.15, 0.2) is 24.3 Å². The van der Waals surface area contributed by atoms with Gasteiger partial charge in [-0.1, -0.05) is 23.7 Å². The molecule has 2 saturated heterocycles. The summed E-state index contributed by atoms with van der Waals surface area (Å²) in [6, 6.07) is 8.12. The van der Waals surface area contributed by atoms with Gasteiger partial charge in [0.15, 0.2) is 0 Å². The molecule has 0 atom stereocenters. The molecule has 1 aromatic rings. The molecule has 2 aliphatic heterocycles. The van der Waals surface area contributed by atoms with Gasteiger partial charge in [0.2, 0.25) is 5.91 Å². The molecule has 3 rings (SSSR count). The Morgan fingerprint density at radius 3 is 2.62 bits per heavy atom. The number of nitrogens with one attached hydrogen (secondary N) is 1. The molecule has 0 unspecified atom stereocenters. The molecule has 0 saturated carbocycles. The van der Waals surface area contributed by atoms with E-state index in [1.807, 2.05) is 12.1 Å². The third-order valence-electron chi connectivity index (χ3n) is 4.80. The van der Waals surface area contributed by atoms with Crippen molar-refractivity contribution in [1.29, 1.82) is 0 Å². The zero-order valence-corrected chi connectivity index (χ0v) is 13.2. The molecule has 1 amide bonds. The second-order valence-corrected chi connectivity index (χ2v) is 6.80. The maximum atomic E-state index is 12.4. The number of quaternary nitrogens is 1. The molecule has 2 heterocycles. The lowest BCUT2D eigenvalue weighted by atomic mass is 9.95. The van der Waals surface area contributed by atoms with Crippen molar-refractivity contribution in [3.63, 3.8) is 0 Å². The lowest BCUT2D eigenvalue weighted by Gasteiger charge is -2.30. The van der Waals surface area contributed by atoms with Crippen LogP contribution in [0.1, 0.15) is 31.2 Å². The fourth-order valence-electron chi connectivity index (χ4n) is 3.58. The molecule has 1 aromatic carbocycles. The van der Waals surface area contributed by atoms with Crippen LogP contribution in [0.4, 0.5) is 0 Å². The summed E-state index contributed by atoms with van der Waals surface area (Å²) in [7, 11) is 0. The normalized spacial score (nSPS) is 26.0. The number of halogens is 1. The van der Waals surface area contributed by atoms with Crippen LogP contribution in [0.5, 0.6) is 0 Å². The monoisotopic (exact) mass is 307 g/mol. The Balaban J connectivity index is 1.49. The van der Waals surface area contributed by atoms with Crippen LogP contribution in [0.2, 0.25) is 5.02 Å². The average Bonchev–Trinajstić information content (AvgIpc) is 3.01. The molecule has 0 spiro atoms. The zero-order chi connectivity index (χ0) is 14.7. The molecule has 0 aromatic heterocycles. The first kappa shape index (κ1) is 14.9. The van der Waals surface area contributed by atoms with Gasteiger partial charge in [-0.2, -0.15) is 0 Å². The van der Waals surface area contributed by atoms with Crippen LogP contribution in [-0.2, 0) is 11.3 Å². The van der Waals surface area contributed by atoms with E-state index >= 15 is 0 Å². The second kappa shape index (κ2) is 6.80. The van der Waals surface area contributed by atoms with Crippen LogP contribution >= 0.6 is 11.6 Å². The highest BCUT2D eigenvalue weighted by atomic mass is 35.5. The highest BCUT2D eigenvalue weighted by molar-refractivity contribution is 6.30. The van der Waals surface area contributed by atoms with Crippen molar-refractivity contribution in [3.05, 3.63) is 34.9 Å². The number of likely N-dealkylation sites (tertiary alicyclic amines) is 2. The van der Waals surface area contributed by atoms with E-state index in [1.54, 1.807) is 4.90 Å². The van der Waals surface area contributed by atoms with Crippen molar-refractivity contribution in [1.82, 2.24) is 4.90 Å². The summed E-state index contributed by atoms with van der Waals surface area (Å²) in [6.45, 7) is 5.17. The van der Waals surface area contributed by atoms with Crippen molar-refractivity contribution < 1.29 is 9.69 Å². The first-order chi connectivity index (χ1) is 10.2. The molecule has 2 aliphatic rings. The lowest BCUT2D eigenvalue weighted by molar-refractivity contribution is -0.919. The second-order valence-electron chi connectivity index (χ2n) is 6.36. The van der Waals surface area contributed by atoms with Gasteiger partial charge < -0.3 is 9.80 Å². The van der Waals surface area contributed by atoms with E-state index < -0.39 is 0 Å². The molecule has 0 radical (unpaired) electrons. The first-order valence-electron chi connectivity index (χ1n) is 8.09. The van der Waals surface area contributed by atoms with E-state index in [2.05, 4.69) is 17.0 Å². The maximum absolute atomic E-state index is 12.4. The molecule has 4 heteroatoms. The van der Waals surface area contributed by atoms with E-state index in [-0.39, 0.29) is 5.92 Å². The fraction of sp³-hybridized carbons (Fsp3) is 0.588. The van der Waals surface area contributed by atoms with Crippen LogP contribution < -0.4 is 4.90 Å². The van der Waals surface area contributed by atoms with Crippen molar-refractivity contribution in [3.8, 4) is 0 Å². The van der Waals surface area contributed by atoms with E-state index in [1.165, 1.54) is 18.4 Å². The van der Waals surface area contributed by atoms with E-state index in [4.69, 9.17) is 11.6 Å². The summed E-state index contributed by atoms with van der Waals surface area (Å²) in [5, 5.41) is 0.811. The highest BCUT2D eigenvalue weighted by Gasteiger charge is 2.31. The van der Waals surface area contributed by atoms with Crippen molar-refractivity contribution in [2.75, 3.05) is 26.2 Å². The molecular formula is C17H24ClN2O+. The van der Waals surface area contributed by atoms with Crippen LogP contribution in [0.3, 0.4) is 0 Å². The van der Waals surface area contributed by atoms with E-state index in [9.17, 15) is 4.79 Å². The van der Waals surface area contributed by atoms with Crippen LogP contribution in [0, 0.1) is 5.92 Å². The van der Waals surface area contributed by atoms with Gasteiger partial charge in [-0.15, -0.1) is 0 Å². The zero-order valence-electron chi connectivity index (χ0n) is 12.5. The minimum absolute atomic E-state index is 0.270. The highest BCUT2D eigenvalue weighted by Crippen LogP contribution is 2.18. The van der Waals surface area contributed by atoms with E-state index in [0.29, 0.717) is 5.91 Å². The van der Waals surface area contributed by atoms with Gasteiger partial charge in [-0.3, -0.25) is 4.79 Å². The van der Waals surface area contributed by atoms with Crippen LogP contribution in [-0.4, -0.2) is 37.0 Å². The Kier molecular flexibility index (Phi) is 4.81. The van der Waals surface area contributed by atoms with Gasteiger partial charge in [0, 0.05) is 42.4 Å². The molecule has 114 valence electrons. The maximum Gasteiger partial charge on any atom is 0.226 e. The third-order valence-corrected chi connectivity index (χ3v) is 5.04. The summed E-state index contributed by atoms with van der Waals surface area (Å²) in [4.78, 5) is 16.1. The SMILES string of the molecule is O=C(C1CC[NH+](Cc2cccc(Cl)c2)CC1)N1CCCC1. The first-order valence-corrected chi connectivity index (χ1v) is 8.47. The summed E-state index contributed by atoms with van der Waals surface area (Å²) in [6.07, 6.45) is 4.44. The minimum Gasteiger partial charge on any atom is -0.342 e. The minimum atomic E-state index is 0.270. The number of amides is 1. The Morgan fingerprint density at radius 2 is 1.95 bits per heavy atom. The lowest BCUT2D eigenvalue weighted by Crippen LogP contribution is -3.11. The van der Waals surface area contributed by atoms with Gasteiger partial charge in [0.25, 0.3) is 0 Å². The number of piperidine rings is 1. The number of carbonyl (C=O) groups excluding carboxylic acids is 1. The van der Waals surface area contributed by atoms with Crippen molar-refractivity contribution in [2.24, 2.45) is 5.92 Å². The van der Waals surface area contributed by atoms with Gasteiger partial charge >= 0.3 is 0 Å². The fourth-order valence-corrected chi connectivity index (χ4v) is 3.79. The van der Waals surface area contributed by atoms with Crippen molar-refractivity contribution in [2.45, 2.75) is 32.2 Å². The smallest absolute Gasteiger partial charge is 0.226 e. The number of hydrogen-bond donors (Lipinski definition) is 1. The molecule has 21 heavy (non-hydrogen) atoms. The number of nitrogens with zero attached hydrogens (tertiary/aromatic N) is 1.